The van der Waals surface area contributed by atoms with Crippen LogP contribution in [0.25, 0.3) is 17.2 Å². The zero-order valence-corrected chi connectivity index (χ0v) is 14.5. The molecule has 0 unspecified atom stereocenters. The van der Waals surface area contributed by atoms with E-state index in [1.165, 1.54) is 11.1 Å². The summed E-state index contributed by atoms with van der Waals surface area (Å²) in [4.78, 5) is 9.51. The number of pyridine rings is 1. The number of fused-ring (bicyclic) bond motifs is 1. The Hall–Kier alpha value is -2.46. The molecule has 2 heterocycles. The van der Waals surface area contributed by atoms with Gasteiger partial charge in [-0.25, -0.2) is 9.97 Å². The van der Waals surface area contributed by atoms with Crippen molar-refractivity contribution >= 4 is 17.2 Å². The van der Waals surface area contributed by atoms with Crippen molar-refractivity contribution in [3.8, 4) is 0 Å². The van der Waals surface area contributed by atoms with Crippen LogP contribution < -0.4 is 0 Å². The van der Waals surface area contributed by atoms with Crippen LogP contribution in [0.3, 0.4) is 0 Å². The molecule has 24 heavy (non-hydrogen) atoms. The van der Waals surface area contributed by atoms with Gasteiger partial charge in [0.25, 0.3) is 0 Å². The van der Waals surface area contributed by atoms with Gasteiger partial charge < -0.3 is 9.67 Å². The second-order valence-corrected chi connectivity index (χ2v) is 6.05. The summed E-state index contributed by atoms with van der Waals surface area (Å²) in [6, 6.07) is 10.4. The average Bonchev–Trinajstić information content (AvgIpc) is 2.92. The third-order valence-corrected chi connectivity index (χ3v) is 4.15. The Kier molecular flexibility index (Phi) is 4.76. The number of hydrogen-bond donors (Lipinski definition) is 1. The van der Waals surface area contributed by atoms with Crippen molar-refractivity contribution < 1.29 is 5.11 Å². The third kappa shape index (κ3) is 3.24. The zero-order valence-electron chi connectivity index (χ0n) is 14.5. The average molecular weight is 321 g/mol. The van der Waals surface area contributed by atoms with Crippen LogP contribution in [0, 0.1) is 13.8 Å². The number of rotatable bonds is 5. The second kappa shape index (κ2) is 6.97. The quantitative estimate of drug-likeness (QED) is 0.780. The van der Waals surface area contributed by atoms with Crippen LogP contribution in [0.1, 0.15) is 35.1 Å². The maximum atomic E-state index is 8.85. The molecule has 3 aromatic rings. The van der Waals surface area contributed by atoms with E-state index < -0.39 is 0 Å². The van der Waals surface area contributed by atoms with E-state index in [1.54, 1.807) is 6.08 Å². The Morgan fingerprint density at radius 2 is 1.88 bits per heavy atom. The zero-order chi connectivity index (χ0) is 17.1. The smallest absolute Gasteiger partial charge is 0.160 e. The Balaban J connectivity index is 1.98. The molecule has 0 bridgehead atoms. The van der Waals surface area contributed by atoms with E-state index in [9.17, 15) is 0 Å². The Morgan fingerprint density at radius 3 is 2.54 bits per heavy atom. The molecule has 1 aromatic carbocycles. The molecule has 2 aromatic heterocycles. The van der Waals surface area contributed by atoms with Gasteiger partial charge in [-0.1, -0.05) is 43.3 Å². The summed E-state index contributed by atoms with van der Waals surface area (Å²) in [5.41, 5.74) is 6.47. The molecule has 4 nitrogen and oxygen atoms in total. The molecule has 0 saturated heterocycles. The molecule has 0 spiro atoms. The first-order valence-corrected chi connectivity index (χ1v) is 8.32. The van der Waals surface area contributed by atoms with Crippen molar-refractivity contribution in [3.05, 3.63) is 64.6 Å². The maximum absolute atomic E-state index is 8.85. The topological polar surface area (TPSA) is 50.9 Å². The highest BCUT2D eigenvalue weighted by atomic mass is 16.2. The highest BCUT2D eigenvalue weighted by Crippen LogP contribution is 2.21. The van der Waals surface area contributed by atoms with Gasteiger partial charge in [-0.2, -0.15) is 0 Å². The normalized spacial score (nSPS) is 11.7. The number of aliphatic hydroxyl groups excluding tert-OH is 1. The van der Waals surface area contributed by atoms with Gasteiger partial charge in [0, 0.05) is 12.1 Å². The van der Waals surface area contributed by atoms with Crippen LogP contribution in [0.2, 0.25) is 0 Å². The minimum Gasteiger partial charge on any atom is -0.392 e. The summed E-state index contributed by atoms with van der Waals surface area (Å²) < 4.78 is 2.22. The molecule has 0 aliphatic rings. The lowest BCUT2D eigenvalue weighted by Crippen LogP contribution is -2.05. The van der Waals surface area contributed by atoms with Gasteiger partial charge in [0.1, 0.15) is 11.3 Å². The summed E-state index contributed by atoms with van der Waals surface area (Å²) in [6.07, 6.45) is 4.54. The van der Waals surface area contributed by atoms with Gasteiger partial charge in [-0.3, -0.25) is 0 Å². The fourth-order valence-electron chi connectivity index (χ4n) is 2.99. The second-order valence-electron chi connectivity index (χ2n) is 6.05. The minimum atomic E-state index is 0.0625. The van der Waals surface area contributed by atoms with Gasteiger partial charge in [0.15, 0.2) is 5.65 Å². The molecule has 0 aliphatic heterocycles. The van der Waals surface area contributed by atoms with E-state index in [2.05, 4.69) is 48.7 Å². The molecule has 124 valence electrons. The molecule has 4 heteroatoms. The summed E-state index contributed by atoms with van der Waals surface area (Å²) in [5, 5.41) is 8.85. The number of nitrogens with zero attached hydrogens (tertiary/aromatic N) is 3. The number of aliphatic hydroxyl groups is 1. The number of benzene rings is 1. The monoisotopic (exact) mass is 321 g/mol. The van der Waals surface area contributed by atoms with Crippen LogP contribution in [0.4, 0.5) is 0 Å². The van der Waals surface area contributed by atoms with E-state index in [-0.39, 0.29) is 6.61 Å². The molecule has 0 amide bonds. The van der Waals surface area contributed by atoms with Crippen LogP contribution in [-0.2, 0) is 13.0 Å². The van der Waals surface area contributed by atoms with Crippen LogP contribution >= 0.6 is 0 Å². The first-order valence-electron chi connectivity index (χ1n) is 8.32. The highest BCUT2D eigenvalue weighted by molar-refractivity contribution is 5.76. The molecule has 3 rings (SSSR count). The predicted molar refractivity (Wildman–Crippen MR) is 98.0 cm³/mol. The lowest BCUT2D eigenvalue weighted by atomic mass is 10.1. The molecule has 1 N–H and O–H groups in total. The number of hydrogen-bond acceptors (Lipinski definition) is 3. The fourth-order valence-corrected chi connectivity index (χ4v) is 2.99. The van der Waals surface area contributed by atoms with Crippen LogP contribution in [0.5, 0.6) is 0 Å². The van der Waals surface area contributed by atoms with Gasteiger partial charge in [0.2, 0.25) is 0 Å². The van der Waals surface area contributed by atoms with E-state index in [0.29, 0.717) is 0 Å². The molecular weight excluding hydrogens is 298 g/mol. The van der Waals surface area contributed by atoms with Crippen molar-refractivity contribution in [1.29, 1.82) is 0 Å². The maximum Gasteiger partial charge on any atom is 0.160 e. The SMILES string of the molecule is CCc1nc2c(C)cc(C)nc2n1Cc1ccc(C=CCO)cc1. The van der Waals surface area contributed by atoms with E-state index in [4.69, 9.17) is 15.1 Å². The first-order chi connectivity index (χ1) is 11.6. The predicted octanol–water partition coefficient (Wildman–Crippen LogP) is 3.66. The van der Waals surface area contributed by atoms with Gasteiger partial charge in [0.05, 0.1) is 13.2 Å². The highest BCUT2D eigenvalue weighted by Gasteiger charge is 2.13. The summed E-state index contributed by atoms with van der Waals surface area (Å²) in [5.74, 6) is 1.07. The van der Waals surface area contributed by atoms with E-state index >= 15 is 0 Å². The van der Waals surface area contributed by atoms with Crippen molar-refractivity contribution in [2.75, 3.05) is 6.61 Å². The number of imidazole rings is 1. The first kappa shape index (κ1) is 16.4. The third-order valence-electron chi connectivity index (χ3n) is 4.15. The van der Waals surface area contributed by atoms with Crippen molar-refractivity contribution in [2.24, 2.45) is 0 Å². The molecule has 0 fully saturated rings. The Morgan fingerprint density at radius 1 is 1.12 bits per heavy atom. The van der Waals surface area contributed by atoms with Crippen molar-refractivity contribution in [3.63, 3.8) is 0 Å². The van der Waals surface area contributed by atoms with Crippen LogP contribution in [-0.4, -0.2) is 26.2 Å². The lowest BCUT2D eigenvalue weighted by Gasteiger charge is -2.09. The molecular formula is C20H23N3O. The number of aryl methyl sites for hydroxylation is 3. The van der Waals surface area contributed by atoms with E-state index in [1.807, 2.05) is 13.0 Å². The summed E-state index contributed by atoms with van der Waals surface area (Å²) in [6.45, 7) is 7.07. The molecule has 0 aliphatic carbocycles. The molecule has 0 atom stereocenters. The van der Waals surface area contributed by atoms with Crippen LogP contribution in [0.15, 0.2) is 36.4 Å². The van der Waals surface area contributed by atoms with Gasteiger partial charge in [-0.15, -0.1) is 0 Å². The minimum absolute atomic E-state index is 0.0625. The largest absolute Gasteiger partial charge is 0.392 e. The van der Waals surface area contributed by atoms with E-state index in [0.717, 1.165) is 41.2 Å². The van der Waals surface area contributed by atoms with Gasteiger partial charge in [-0.05, 0) is 36.6 Å². The molecule has 0 radical (unpaired) electrons. The van der Waals surface area contributed by atoms with Crippen molar-refractivity contribution in [1.82, 2.24) is 14.5 Å². The fraction of sp³-hybridized carbons (Fsp3) is 0.300. The summed E-state index contributed by atoms with van der Waals surface area (Å²) in [7, 11) is 0. The standard InChI is InChI=1S/C20H23N3O/c1-4-18-22-19-14(2)12-15(3)21-20(19)23(18)13-17-9-7-16(8-10-17)6-5-11-24/h5-10,12,24H,4,11,13H2,1-3H3. The lowest BCUT2D eigenvalue weighted by molar-refractivity contribution is 0.343. The Labute approximate surface area is 142 Å². The van der Waals surface area contributed by atoms with Gasteiger partial charge >= 0.3 is 0 Å². The molecule has 0 saturated carbocycles. The number of aromatic nitrogens is 3. The Bertz CT molecular complexity index is 876. The summed E-state index contributed by atoms with van der Waals surface area (Å²) >= 11 is 0. The van der Waals surface area contributed by atoms with Crippen molar-refractivity contribution in [2.45, 2.75) is 33.7 Å².